The number of benzene rings is 1. The molecule has 0 amide bonds. The Kier molecular flexibility index (Phi) is 4.95. The van der Waals surface area contributed by atoms with Crippen molar-refractivity contribution < 1.29 is 14.3 Å². The van der Waals surface area contributed by atoms with E-state index in [9.17, 15) is 4.79 Å². The van der Waals surface area contributed by atoms with Crippen LogP contribution in [0.1, 0.15) is 11.1 Å². The van der Waals surface area contributed by atoms with Crippen molar-refractivity contribution in [3.63, 3.8) is 0 Å². The SMILES string of the molecule is COCc1ccccc1CC(N)C(=O)OC. The van der Waals surface area contributed by atoms with Crippen molar-refractivity contribution in [3.8, 4) is 0 Å². The highest BCUT2D eigenvalue weighted by atomic mass is 16.5. The second-order valence-electron chi connectivity index (χ2n) is 3.54. The number of nitrogens with two attached hydrogens (primary N) is 1. The second kappa shape index (κ2) is 6.25. The molecule has 0 saturated heterocycles. The number of hydrogen-bond acceptors (Lipinski definition) is 4. The maximum atomic E-state index is 11.2. The summed E-state index contributed by atoms with van der Waals surface area (Å²) in [4.78, 5) is 11.2. The minimum Gasteiger partial charge on any atom is -0.468 e. The van der Waals surface area contributed by atoms with E-state index < -0.39 is 12.0 Å². The fourth-order valence-electron chi connectivity index (χ4n) is 1.52. The predicted molar refractivity (Wildman–Crippen MR) is 60.9 cm³/mol. The van der Waals surface area contributed by atoms with Crippen LogP contribution in [0.3, 0.4) is 0 Å². The van der Waals surface area contributed by atoms with Crippen LogP contribution in [0.4, 0.5) is 0 Å². The van der Waals surface area contributed by atoms with Gasteiger partial charge in [-0.15, -0.1) is 0 Å². The van der Waals surface area contributed by atoms with E-state index >= 15 is 0 Å². The molecule has 2 N–H and O–H groups in total. The first-order valence-electron chi connectivity index (χ1n) is 5.08. The largest absolute Gasteiger partial charge is 0.468 e. The molecule has 16 heavy (non-hydrogen) atoms. The Bertz CT molecular complexity index is 352. The number of carbonyl (C=O) groups is 1. The molecule has 0 heterocycles. The number of methoxy groups -OCH3 is 2. The summed E-state index contributed by atoms with van der Waals surface area (Å²) in [5.74, 6) is -0.396. The van der Waals surface area contributed by atoms with Crippen LogP contribution >= 0.6 is 0 Å². The molecule has 0 bridgehead atoms. The van der Waals surface area contributed by atoms with Crippen LogP contribution in [0.15, 0.2) is 24.3 Å². The van der Waals surface area contributed by atoms with Crippen LogP contribution in [0.25, 0.3) is 0 Å². The lowest BCUT2D eigenvalue weighted by molar-refractivity contribution is -0.142. The van der Waals surface area contributed by atoms with Gasteiger partial charge in [-0.3, -0.25) is 4.79 Å². The molecule has 1 atom stereocenters. The monoisotopic (exact) mass is 223 g/mol. The molecule has 4 heteroatoms. The maximum Gasteiger partial charge on any atom is 0.322 e. The van der Waals surface area contributed by atoms with Crippen molar-refractivity contribution in [1.82, 2.24) is 0 Å². The highest BCUT2D eigenvalue weighted by Gasteiger charge is 2.15. The molecular weight excluding hydrogens is 206 g/mol. The van der Waals surface area contributed by atoms with Gasteiger partial charge in [0.15, 0.2) is 0 Å². The average Bonchev–Trinajstić information content (AvgIpc) is 2.31. The molecule has 1 aromatic rings. The van der Waals surface area contributed by atoms with E-state index in [1.807, 2.05) is 24.3 Å². The van der Waals surface area contributed by atoms with Crippen LogP contribution < -0.4 is 5.73 Å². The maximum absolute atomic E-state index is 11.2. The van der Waals surface area contributed by atoms with E-state index in [4.69, 9.17) is 10.5 Å². The Labute approximate surface area is 95.3 Å². The first-order valence-corrected chi connectivity index (χ1v) is 5.08. The fraction of sp³-hybridized carbons (Fsp3) is 0.417. The molecule has 0 aliphatic heterocycles. The summed E-state index contributed by atoms with van der Waals surface area (Å²) in [6.45, 7) is 0.518. The number of hydrogen-bond donors (Lipinski definition) is 1. The van der Waals surface area contributed by atoms with Gasteiger partial charge in [-0.05, 0) is 17.5 Å². The quantitative estimate of drug-likeness (QED) is 0.753. The normalized spacial score (nSPS) is 12.2. The van der Waals surface area contributed by atoms with Gasteiger partial charge in [0.25, 0.3) is 0 Å². The molecule has 88 valence electrons. The predicted octanol–water partition coefficient (Wildman–Crippen LogP) is 0.876. The van der Waals surface area contributed by atoms with E-state index in [1.165, 1.54) is 7.11 Å². The Morgan fingerprint density at radius 3 is 2.50 bits per heavy atom. The lowest BCUT2D eigenvalue weighted by Crippen LogP contribution is -2.33. The molecule has 4 nitrogen and oxygen atoms in total. The zero-order valence-electron chi connectivity index (χ0n) is 9.60. The topological polar surface area (TPSA) is 61.5 Å². The molecule has 0 fully saturated rings. The summed E-state index contributed by atoms with van der Waals surface area (Å²) >= 11 is 0. The zero-order chi connectivity index (χ0) is 12.0. The fourth-order valence-corrected chi connectivity index (χ4v) is 1.52. The van der Waals surface area contributed by atoms with Crippen molar-refractivity contribution in [2.24, 2.45) is 5.73 Å². The van der Waals surface area contributed by atoms with E-state index in [1.54, 1.807) is 7.11 Å². The molecule has 0 saturated carbocycles. The van der Waals surface area contributed by atoms with E-state index in [0.717, 1.165) is 11.1 Å². The third kappa shape index (κ3) is 3.32. The number of ether oxygens (including phenoxy) is 2. The minimum absolute atomic E-state index is 0.396. The summed E-state index contributed by atoms with van der Waals surface area (Å²) in [7, 11) is 2.97. The lowest BCUT2D eigenvalue weighted by Gasteiger charge is -2.12. The summed E-state index contributed by atoms with van der Waals surface area (Å²) in [5, 5.41) is 0. The molecule has 0 aliphatic carbocycles. The zero-order valence-corrected chi connectivity index (χ0v) is 9.60. The highest BCUT2D eigenvalue weighted by Crippen LogP contribution is 2.12. The number of carbonyl (C=O) groups excluding carboxylic acids is 1. The van der Waals surface area contributed by atoms with E-state index in [0.29, 0.717) is 13.0 Å². The molecule has 0 spiro atoms. The van der Waals surface area contributed by atoms with Gasteiger partial charge in [-0.1, -0.05) is 24.3 Å². The van der Waals surface area contributed by atoms with E-state index in [2.05, 4.69) is 4.74 Å². The second-order valence-corrected chi connectivity index (χ2v) is 3.54. The third-order valence-electron chi connectivity index (χ3n) is 2.36. The lowest BCUT2D eigenvalue weighted by atomic mass is 10.0. The van der Waals surface area contributed by atoms with Crippen molar-refractivity contribution in [1.29, 1.82) is 0 Å². The summed E-state index contributed by atoms with van der Waals surface area (Å²) in [6, 6.07) is 7.13. The van der Waals surface area contributed by atoms with Gasteiger partial charge in [0.05, 0.1) is 13.7 Å². The molecule has 0 aliphatic rings. The van der Waals surface area contributed by atoms with Gasteiger partial charge in [-0.25, -0.2) is 0 Å². The Morgan fingerprint density at radius 2 is 1.94 bits per heavy atom. The van der Waals surface area contributed by atoms with Gasteiger partial charge in [0, 0.05) is 7.11 Å². The number of esters is 1. The standard InChI is InChI=1S/C12H17NO3/c1-15-8-10-6-4-3-5-9(10)7-11(13)12(14)16-2/h3-6,11H,7-8,13H2,1-2H3. The average molecular weight is 223 g/mol. The van der Waals surface area contributed by atoms with Crippen LogP contribution in [0, 0.1) is 0 Å². The minimum atomic E-state index is -0.622. The molecule has 1 aromatic carbocycles. The highest BCUT2D eigenvalue weighted by molar-refractivity contribution is 5.75. The van der Waals surface area contributed by atoms with E-state index in [-0.39, 0.29) is 0 Å². The van der Waals surface area contributed by atoms with Gasteiger partial charge in [0.2, 0.25) is 0 Å². The third-order valence-corrected chi connectivity index (χ3v) is 2.36. The molecular formula is C12H17NO3. The molecule has 0 radical (unpaired) electrons. The van der Waals surface area contributed by atoms with Crippen LogP contribution in [-0.2, 0) is 27.3 Å². The Hall–Kier alpha value is -1.39. The van der Waals surface area contributed by atoms with Crippen molar-refractivity contribution in [3.05, 3.63) is 35.4 Å². The van der Waals surface area contributed by atoms with Crippen LogP contribution in [-0.4, -0.2) is 26.2 Å². The molecule has 0 aromatic heterocycles. The Morgan fingerprint density at radius 1 is 1.31 bits per heavy atom. The number of rotatable bonds is 5. The smallest absolute Gasteiger partial charge is 0.322 e. The molecule has 1 unspecified atom stereocenters. The molecule has 1 rings (SSSR count). The first-order chi connectivity index (χ1) is 7.69. The summed E-state index contributed by atoms with van der Waals surface area (Å²) < 4.78 is 9.67. The first kappa shape index (κ1) is 12.7. The van der Waals surface area contributed by atoms with Crippen molar-refractivity contribution in [2.45, 2.75) is 19.1 Å². The van der Waals surface area contributed by atoms with Gasteiger partial charge >= 0.3 is 5.97 Å². The van der Waals surface area contributed by atoms with Crippen molar-refractivity contribution >= 4 is 5.97 Å². The van der Waals surface area contributed by atoms with Gasteiger partial charge in [-0.2, -0.15) is 0 Å². The van der Waals surface area contributed by atoms with Gasteiger partial charge in [0.1, 0.15) is 6.04 Å². The van der Waals surface area contributed by atoms with Crippen LogP contribution in [0.2, 0.25) is 0 Å². The van der Waals surface area contributed by atoms with Crippen molar-refractivity contribution in [2.75, 3.05) is 14.2 Å². The van der Waals surface area contributed by atoms with Gasteiger partial charge < -0.3 is 15.2 Å². The summed E-state index contributed by atoms with van der Waals surface area (Å²) in [6.07, 6.45) is 0.464. The van der Waals surface area contributed by atoms with Crippen LogP contribution in [0.5, 0.6) is 0 Å². The Balaban J connectivity index is 2.75. The summed E-state index contributed by atoms with van der Waals surface area (Å²) in [5.41, 5.74) is 7.77.